The van der Waals surface area contributed by atoms with Crippen LogP contribution in [-0.2, 0) is 4.79 Å². The van der Waals surface area contributed by atoms with E-state index in [1.54, 1.807) is 47.9 Å². The Morgan fingerprint density at radius 2 is 1.91 bits per heavy atom. The first-order chi connectivity index (χ1) is 16.3. The number of anilines is 1. The Bertz CT molecular complexity index is 1500. The average molecular weight is 498 g/mol. The van der Waals surface area contributed by atoms with Crippen molar-refractivity contribution in [2.24, 2.45) is 16.5 Å². The van der Waals surface area contributed by atoms with E-state index in [1.807, 2.05) is 0 Å². The van der Waals surface area contributed by atoms with E-state index in [-0.39, 0.29) is 22.6 Å². The van der Waals surface area contributed by atoms with Gasteiger partial charge in [0, 0.05) is 11.9 Å². The molecule has 11 nitrogen and oxygen atoms in total. The van der Waals surface area contributed by atoms with Crippen LogP contribution < -0.4 is 22.3 Å². The summed E-state index contributed by atoms with van der Waals surface area (Å²) in [6, 6.07) is 8.28. The lowest BCUT2D eigenvalue weighted by molar-refractivity contribution is -0.114. The van der Waals surface area contributed by atoms with Crippen LogP contribution in [0.1, 0.15) is 5.69 Å². The normalized spacial score (nSPS) is 12.2. The number of hydrogen-bond acceptors (Lipinski definition) is 8. The monoisotopic (exact) mass is 497 g/mol. The molecule has 3 aromatic heterocycles. The van der Waals surface area contributed by atoms with Gasteiger partial charge in [0.2, 0.25) is 5.65 Å². The molecule has 34 heavy (non-hydrogen) atoms. The van der Waals surface area contributed by atoms with Crippen molar-refractivity contribution in [3.05, 3.63) is 80.2 Å². The van der Waals surface area contributed by atoms with Crippen molar-refractivity contribution >= 4 is 52.3 Å². The summed E-state index contributed by atoms with van der Waals surface area (Å²) in [5.41, 5.74) is 12.8. The van der Waals surface area contributed by atoms with Crippen LogP contribution in [0.4, 0.5) is 11.4 Å². The Kier molecular flexibility index (Phi) is 6.30. The van der Waals surface area contributed by atoms with E-state index in [0.29, 0.717) is 32.9 Å². The number of benzene rings is 1. The summed E-state index contributed by atoms with van der Waals surface area (Å²) in [5.74, 6) is -0.452. The van der Waals surface area contributed by atoms with Crippen LogP contribution in [-0.4, -0.2) is 36.7 Å². The summed E-state index contributed by atoms with van der Waals surface area (Å²) in [6.45, 7) is 1.81. The van der Waals surface area contributed by atoms with Gasteiger partial charge in [-0.1, -0.05) is 29.3 Å². The number of pyridine rings is 1. The molecule has 0 fully saturated rings. The second kappa shape index (κ2) is 9.33. The van der Waals surface area contributed by atoms with E-state index in [2.05, 4.69) is 30.5 Å². The molecular formula is C21H17Cl2N9O2. The van der Waals surface area contributed by atoms with Crippen LogP contribution >= 0.6 is 23.2 Å². The molecule has 1 amide bonds. The second-order valence-corrected chi connectivity index (χ2v) is 7.83. The molecule has 0 saturated heterocycles. The topological polar surface area (TPSA) is 169 Å². The molecule has 0 saturated carbocycles. The summed E-state index contributed by atoms with van der Waals surface area (Å²) in [7, 11) is 0. The molecule has 0 unspecified atom stereocenters. The van der Waals surface area contributed by atoms with Gasteiger partial charge in [0.15, 0.2) is 5.82 Å². The van der Waals surface area contributed by atoms with E-state index >= 15 is 0 Å². The van der Waals surface area contributed by atoms with Gasteiger partial charge >= 0.3 is 0 Å². The van der Waals surface area contributed by atoms with Gasteiger partial charge in [-0.05, 0) is 31.2 Å². The van der Waals surface area contributed by atoms with Gasteiger partial charge in [-0.15, -0.1) is 10.2 Å². The lowest BCUT2D eigenvalue weighted by atomic mass is 10.2. The zero-order valence-electron chi connectivity index (χ0n) is 17.6. The molecule has 172 valence electrons. The Hall–Kier alpha value is -4.22. The first kappa shape index (κ1) is 23.0. The molecule has 0 atom stereocenters. The predicted molar refractivity (Wildman–Crippen MR) is 130 cm³/mol. The maximum Gasteiger partial charge on any atom is 0.293 e. The van der Waals surface area contributed by atoms with Crippen LogP contribution in [0, 0.1) is 6.92 Å². The fourth-order valence-electron chi connectivity index (χ4n) is 3.03. The first-order valence-corrected chi connectivity index (χ1v) is 10.5. The Balaban J connectivity index is 1.66. The third-order valence-corrected chi connectivity index (χ3v) is 5.33. The number of amides is 1. The number of aromatic nitrogens is 5. The predicted octanol–water partition coefficient (Wildman–Crippen LogP) is 2.56. The number of aliphatic imine (C=N–C) groups is 1. The number of nitrogens with two attached hydrogens (primary N) is 2. The number of aromatic amines is 1. The molecule has 1 aromatic carbocycles. The number of hydrogen-bond donors (Lipinski definition) is 4. The summed E-state index contributed by atoms with van der Waals surface area (Å²) in [6.07, 6.45) is 4.35. The van der Waals surface area contributed by atoms with Crippen LogP contribution in [0.5, 0.6) is 0 Å². The maximum atomic E-state index is 12.0. The van der Waals surface area contributed by atoms with Gasteiger partial charge in [-0.3, -0.25) is 24.0 Å². The quantitative estimate of drug-likeness (QED) is 0.234. The molecular weight excluding hydrogens is 481 g/mol. The van der Waals surface area contributed by atoms with Crippen LogP contribution in [0.25, 0.3) is 17.2 Å². The number of allylic oxidation sites excluding steroid dienone is 1. The zero-order chi connectivity index (χ0) is 24.4. The number of nitrogens with one attached hydrogen (secondary N) is 2. The molecule has 0 radical (unpaired) electrons. The maximum absolute atomic E-state index is 12.0. The SMILES string of the molecule is Cc1c[nH]c(=O)c2nnc(-c3ccc(NC(C=Nc4c(Cl)cccc4Cl)=C(N)C(N)=O)cn3)n12. The standard InChI is InChI=1S/C21H17Cl2N9O2/c1-10-7-28-21(34)20-31-30-19(32(10)20)14-6-5-11(8-26-14)29-15(16(24)18(25)33)9-27-17-12(22)3-2-4-13(17)23/h2-9,29H,24H2,1H3,(H2,25,33)(H,28,34). The largest absolute Gasteiger partial charge is 0.393 e. The number of primary amides is 1. The molecule has 0 bridgehead atoms. The van der Waals surface area contributed by atoms with Crippen molar-refractivity contribution in [1.82, 2.24) is 24.6 Å². The zero-order valence-corrected chi connectivity index (χ0v) is 19.1. The number of fused-ring (bicyclic) bond motifs is 1. The fourth-order valence-corrected chi connectivity index (χ4v) is 3.52. The van der Waals surface area contributed by atoms with Crippen molar-refractivity contribution in [3.63, 3.8) is 0 Å². The molecule has 4 aromatic rings. The highest BCUT2D eigenvalue weighted by Crippen LogP contribution is 2.32. The van der Waals surface area contributed by atoms with Gasteiger partial charge in [0.25, 0.3) is 11.5 Å². The molecule has 0 spiro atoms. The Morgan fingerprint density at radius 1 is 1.18 bits per heavy atom. The van der Waals surface area contributed by atoms with E-state index in [9.17, 15) is 9.59 Å². The molecule has 6 N–H and O–H groups in total. The third-order valence-electron chi connectivity index (χ3n) is 4.72. The lowest BCUT2D eigenvalue weighted by Gasteiger charge is -2.10. The smallest absolute Gasteiger partial charge is 0.293 e. The minimum Gasteiger partial charge on any atom is -0.393 e. The lowest BCUT2D eigenvalue weighted by Crippen LogP contribution is -2.25. The van der Waals surface area contributed by atoms with Crippen molar-refractivity contribution in [1.29, 1.82) is 0 Å². The number of H-pyrrole nitrogens is 1. The molecule has 3 heterocycles. The molecule has 13 heteroatoms. The highest BCUT2D eigenvalue weighted by atomic mass is 35.5. The number of para-hydroxylation sites is 1. The number of nitrogens with zero attached hydrogens (tertiary/aromatic N) is 5. The van der Waals surface area contributed by atoms with Gasteiger partial charge in [0.05, 0.1) is 33.8 Å². The van der Waals surface area contributed by atoms with E-state index < -0.39 is 5.91 Å². The van der Waals surface area contributed by atoms with Gasteiger partial charge in [-0.2, -0.15) is 0 Å². The minimum absolute atomic E-state index is 0.119. The van der Waals surface area contributed by atoms with Crippen molar-refractivity contribution in [2.75, 3.05) is 5.32 Å². The summed E-state index contributed by atoms with van der Waals surface area (Å²) < 4.78 is 1.60. The first-order valence-electron chi connectivity index (χ1n) is 9.70. The van der Waals surface area contributed by atoms with Crippen molar-refractivity contribution in [3.8, 4) is 11.5 Å². The molecule has 0 aliphatic carbocycles. The van der Waals surface area contributed by atoms with Crippen molar-refractivity contribution in [2.45, 2.75) is 6.92 Å². The number of carbonyl (C=O) groups is 1. The number of rotatable bonds is 6. The van der Waals surface area contributed by atoms with Crippen molar-refractivity contribution < 1.29 is 4.79 Å². The molecule has 4 rings (SSSR count). The van der Waals surface area contributed by atoms with Crippen LogP contribution in [0.3, 0.4) is 0 Å². The van der Waals surface area contributed by atoms with E-state index in [0.717, 1.165) is 5.69 Å². The highest BCUT2D eigenvalue weighted by molar-refractivity contribution is 6.38. The van der Waals surface area contributed by atoms with Gasteiger partial charge < -0.3 is 21.8 Å². The summed E-state index contributed by atoms with van der Waals surface area (Å²) >= 11 is 12.3. The molecule has 0 aliphatic rings. The van der Waals surface area contributed by atoms with Gasteiger partial charge in [-0.25, -0.2) is 0 Å². The van der Waals surface area contributed by atoms with Gasteiger partial charge in [0.1, 0.15) is 17.1 Å². The Morgan fingerprint density at radius 3 is 2.56 bits per heavy atom. The number of halogens is 2. The minimum atomic E-state index is -0.848. The summed E-state index contributed by atoms with van der Waals surface area (Å²) in [5, 5.41) is 11.6. The average Bonchev–Trinajstić information content (AvgIpc) is 3.27. The highest BCUT2D eigenvalue weighted by Gasteiger charge is 2.14. The number of carbonyl (C=O) groups excluding carboxylic acids is 1. The van der Waals surface area contributed by atoms with Crippen LogP contribution in [0.15, 0.2) is 63.9 Å². The summed E-state index contributed by atoms with van der Waals surface area (Å²) in [4.78, 5) is 34.9. The number of aryl methyl sites for hydroxylation is 1. The molecule has 0 aliphatic heterocycles. The third kappa shape index (κ3) is 4.47. The Labute approximate surface area is 202 Å². The van der Waals surface area contributed by atoms with Crippen LogP contribution in [0.2, 0.25) is 10.0 Å². The second-order valence-electron chi connectivity index (χ2n) is 7.02. The van der Waals surface area contributed by atoms with E-state index in [1.165, 1.54) is 12.4 Å². The van der Waals surface area contributed by atoms with E-state index in [4.69, 9.17) is 34.7 Å². The fraction of sp³-hybridized carbons (Fsp3) is 0.0476.